The average molecular weight is 825 g/mol. The summed E-state index contributed by atoms with van der Waals surface area (Å²) in [6, 6.07) is 6.82. The Labute approximate surface area is 357 Å². The molecule has 10 heteroatoms. The summed E-state index contributed by atoms with van der Waals surface area (Å²) < 4.78 is 0. The van der Waals surface area contributed by atoms with E-state index in [-0.39, 0.29) is 81.9 Å². The van der Waals surface area contributed by atoms with E-state index in [9.17, 15) is 39.0 Å². The number of carbonyl (C=O) groups is 6. The predicted octanol–water partition coefficient (Wildman–Crippen LogP) is 9.14. The number of carboxylic acids is 2. The molecule has 2 aliphatic rings. The van der Waals surface area contributed by atoms with Gasteiger partial charge in [-0.3, -0.25) is 19.2 Å². The predicted molar refractivity (Wildman–Crippen MR) is 236 cm³/mol. The molecule has 0 unspecified atom stereocenters. The minimum absolute atomic E-state index is 0.0156. The number of hydrogen-bond acceptors (Lipinski definition) is 8. The number of nitrogens with one attached hydrogen (secondary N) is 2. The number of benzene rings is 2. The van der Waals surface area contributed by atoms with E-state index < -0.39 is 28.9 Å². The number of hydrogen-bond donors (Lipinski definition) is 4. The number of piperidine rings is 2. The number of unbranched alkanes of at least 4 members (excludes halogenated alkanes) is 4. The first kappa shape index (κ1) is 48.1. The molecule has 4 rings (SSSR count). The van der Waals surface area contributed by atoms with Gasteiger partial charge < -0.3 is 30.4 Å². The second-order valence-corrected chi connectivity index (χ2v) is 19.9. The van der Waals surface area contributed by atoms with Gasteiger partial charge in [0.2, 0.25) is 0 Å². The van der Waals surface area contributed by atoms with Crippen molar-refractivity contribution < 1.29 is 39.0 Å². The summed E-state index contributed by atoms with van der Waals surface area (Å²) in [6.07, 6.45) is 9.10. The molecule has 0 aromatic heterocycles. The van der Waals surface area contributed by atoms with E-state index >= 15 is 0 Å². The minimum Gasteiger partial charge on any atom is -0.481 e. The Morgan fingerprint density at radius 1 is 0.633 bits per heavy atom. The Kier molecular flexibility index (Phi) is 15.3. The molecule has 0 atom stereocenters. The van der Waals surface area contributed by atoms with Crippen molar-refractivity contribution in [1.29, 1.82) is 0 Å². The lowest BCUT2D eigenvalue weighted by Crippen LogP contribution is -2.57. The molecular weight excluding hydrogens is 757 g/mol. The molecule has 326 valence electrons. The lowest BCUT2D eigenvalue weighted by molar-refractivity contribution is -0.142. The third-order valence-electron chi connectivity index (χ3n) is 12.6. The summed E-state index contributed by atoms with van der Waals surface area (Å²) in [5, 5.41) is 28.7. The van der Waals surface area contributed by atoms with Crippen molar-refractivity contribution in [2.45, 2.75) is 178 Å². The van der Waals surface area contributed by atoms with Crippen molar-refractivity contribution in [3.8, 4) is 0 Å². The molecule has 0 radical (unpaired) electrons. The van der Waals surface area contributed by atoms with Gasteiger partial charge in [0.25, 0.3) is 0 Å². The van der Waals surface area contributed by atoms with Crippen LogP contribution in [-0.2, 0) is 37.4 Å². The molecule has 2 aromatic rings. The number of carbonyl (C=O) groups excluding carboxylic acids is 4. The van der Waals surface area contributed by atoms with Crippen LogP contribution in [0.25, 0.3) is 0 Å². The van der Waals surface area contributed by atoms with Gasteiger partial charge in [0.15, 0.2) is 11.6 Å². The SMILES string of the molecule is C=CC(=O)c1cc(C2CC(C)(C)NC(C)(C)C2)c(CC=O)c(C(CCCCCCCC(=O)O)(C(=O)O)c2cc(C(=O)C=C)cc(C3CC(C)(C)NC(C)(C)C3)c2CC=O)c1. The Balaban J connectivity index is 2.20. The summed E-state index contributed by atoms with van der Waals surface area (Å²) in [5.41, 5.74) is 0.282. The van der Waals surface area contributed by atoms with Crippen LogP contribution in [-0.4, -0.2) is 68.4 Å². The quantitative estimate of drug-likeness (QED) is 0.0413. The van der Waals surface area contributed by atoms with Crippen LogP contribution in [0.2, 0.25) is 0 Å². The molecule has 2 heterocycles. The summed E-state index contributed by atoms with van der Waals surface area (Å²) in [7, 11) is 0. The second-order valence-electron chi connectivity index (χ2n) is 19.9. The Morgan fingerprint density at radius 3 is 1.33 bits per heavy atom. The number of carboxylic acid groups (broad SMARTS) is 2. The molecular formula is C50H68N2O8. The maximum atomic E-state index is 14.8. The molecule has 2 fully saturated rings. The summed E-state index contributed by atoms with van der Waals surface area (Å²) in [4.78, 5) is 79.4. The lowest BCUT2D eigenvalue weighted by Gasteiger charge is -2.48. The summed E-state index contributed by atoms with van der Waals surface area (Å²) in [5.74, 6) is -3.23. The van der Waals surface area contributed by atoms with Crippen molar-refractivity contribution in [3.05, 3.63) is 94.1 Å². The molecule has 0 aliphatic carbocycles. The van der Waals surface area contributed by atoms with Crippen LogP contribution in [0.5, 0.6) is 0 Å². The third-order valence-corrected chi connectivity index (χ3v) is 12.6. The van der Waals surface area contributed by atoms with Gasteiger partial charge in [0, 0.05) is 52.5 Å². The molecule has 0 spiro atoms. The Morgan fingerprint density at radius 2 is 1.00 bits per heavy atom. The Bertz CT molecular complexity index is 1850. The number of ketones is 2. The summed E-state index contributed by atoms with van der Waals surface area (Å²) in [6.45, 7) is 24.4. The van der Waals surface area contributed by atoms with E-state index in [2.05, 4.69) is 79.2 Å². The molecule has 0 amide bonds. The van der Waals surface area contributed by atoms with E-state index in [1.54, 1.807) is 24.3 Å². The maximum absolute atomic E-state index is 14.8. The zero-order valence-corrected chi connectivity index (χ0v) is 37.2. The molecule has 4 N–H and O–H groups in total. The van der Waals surface area contributed by atoms with E-state index in [0.717, 1.165) is 23.7 Å². The van der Waals surface area contributed by atoms with Crippen LogP contribution in [0.1, 0.15) is 192 Å². The van der Waals surface area contributed by atoms with E-state index in [1.807, 2.05) is 0 Å². The smallest absolute Gasteiger partial charge is 0.318 e. The second kappa shape index (κ2) is 19.0. The van der Waals surface area contributed by atoms with E-state index in [4.69, 9.17) is 0 Å². The minimum atomic E-state index is -1.94. The number of rotatable bonds is 21. The molecule has 60 heavy (non-hydrogen) atoms. The van der Waals surface area contributed by atoms with Crippen LogP contribution in [0.4, 0.5) is 0 Å². The van der Waals surface area contributed by atoms with Crippen molar-refractivity contribution >= 4 is 36.1 Å². The zero-order valence-electron chi connectivity index (χ0n) is 37.2. The molecule has 0 saturated carbocycles. The molecule has 2 aliphatic heterocycles. The normalized spacial score (nSPS) is 18.6. The van der Waals surface area contributed by atoms with Crippen LogP contribution in [0, 0.1) is 0 Å². The van der Waals surface area contributed by atoms with Gasteiger partial charge in [-0.1, -0.05) is 38.8 Å². The van der Waals surface area contributed by atoms with Gasteiger partial charge in [0.05, 0.1) is 0 Å². The largest absolute Gasteiger partial charge is 0.481 e. The topological polar surface area (TPSA) is 167 Å². The highest BCUT2D eigenvalue weighted by molar-refractivity contribution is 6.06. The highest BCUT2D eigenvalue weighted by Crippen LogP contribution is 2.50. The van der Waals surface area contributed by atoms with Crippen molar-refractivity contribution in [2.75, 3.05) is 0 Å². The van der Waals surface area contributed by atoms with Gasteiger partial charge in [0.1, 0.15) is 18.0 Å². The first-order chi connectivity index (χ1) is 27.9. The van der Waals surface area contributed by atoms with Gasteiger partial charge in [-0.05, 0) is 176 Å². The average Bonchev–Trinajstić information content (AvgIpc) is 3.13. The molecule has 10 nitrogen and oxygen atoms in total. The third kappa shape index (κ3) is 11.2. The fourth-order valence-corrected chi connectivity index (χ4v) is 11.1. The van der Waals surface area contributed by atoms with Gasteiger partial charge in [-0.2, -0.15) is 0 Å². The van der Waals surface area contributed by atoms with Crippen LogP contribution >= 0.6 is 0 Å². The molecule has 2 aromatic carbocycles. The zero-order chi connectivity index (χ0) is 44.8. The summed E-state index contributed by atoms with van der Waals surface area (Å²) >= 11 is 0. The molecule has 2 saturated heterocycles. The first-order valence-corrected chi connectivity index (χ1v) is 21.5. The van der Waals surface area contributed by atoms with Gasteiger partial charge in [-0.15, -0.1) is 0 Å². The van der Waals surface area contributed by atoms with Gasteiger partial charge >= 0.3 is 11.9 Å². The van der Waals surface area contributed by atoms with Crippen molar-refractivity contribution in [3.63, 3.8) is 0 Å². The van der Waals surface area contributed by atoms with E-state index in [0.29, 0.717) is 68.9 Å². The van der Waals surface area contributed by atoms with Crippen LogP contribution < -0.4 is 10.6 Å². The van der Waals surface area contributed by atoms with Crippen molar-refractivity contribution in [2.24, 2.45) is 0 Å². The molecule has 0 bridgehead atoms. The van der Waals surface area contributed by atoms with E-state index in [1.165, 1.54) is 12.2 Å². The van der Waals surface area contributed by atoms with Crippen LogP contribution in [0.3, 0.4) is 0 Å². The van der Waals surface area contributed by atoms with Crippen molar-refractivity contribution in [1.82, 2.24) is 10.6 Å². The fraction of sp³-hybridized carbons (Fsp3) is 0.560. The maximum Gasteiger partial charge on any atom is 0.318 e. The Hall–Kier alpha value is -4.54. The highest BCUT2D eigenvalue weighted by Gasteiger charge is 2.49. The number of allylic oxidation sites excluding steroid dienone is 2. The highest BCUT2D eigenvalue weighted by atomic mass is 16.4. The monoisotopic (exact) mass is 824 g/mol. The van der Waals surface area contributed by atoms with Crippen LogP contribution in [0.15, 0.2) is 49.6 Å². The first-order valence-electron chi connectivity index (χ1n) is 21.5. The lowest BCUT2D eigenvalue weighted by atomic mass is 9.63. The fourth-order valence-electron chi connectivity index (χ4n) is 11.1. The standard InChI is InChI=1S/C50H68N2O8/c1-11-42(55)32-24-38(34-28-46(3,4)51-47(5,6)29-34)36(19-22-53)40(26-32)50(45(59)60,21-17-15-13-14-16-18-44(57)58)41-27-33(43(56)12-2)25-39(37(41)20-23-54)35-30-48(7,8)52-49(9,10)31-35/h11-12,22-27,34-35,51-52H,1-2,13-21,28-31H2,3-10H3,(H,57,58)(H,59,60). The number of aliphatic carboxylic acids is 2. The van der Waals surface area contributed by atoms with Gasteiger partial charge in [-0.25, -0.2) is 0 Å². The number of aldehydes is 2.